The number of hydrogen-bond donors (Lipinski definition) is 0. The third-order valence-corrected chi connectivity index (χ3v) is 4.55. The van der Waals surface area contributed by atoms with Crippen LogP contribution in [0.2, 0.25) is 5.04 Å². The first-order valence-electron chi connectivity index (χ1n) is 5.37. The molecule has 0 aliphatic heterocycles. The minimum Gasteiger partial charge on any atom is -0.522 e. The van der Waals surface area contributed by atoms with Crippen LogP contribution in [0.1, 0.15) is 27.7 Å². The third-order valence-electron chi connectivity index (χ3n) is 2.01. The zero-order valence-electron chi connectivity index (χ0n) is 9.99. The molecule has 0 aliphatic carbocycles. The summed E-state index contributed by atoms with van der Waals surface area (Å²) in [7, 11) is -1.65. The Hall–Kier alpha value is -0.803. The highest BCUT2D eigenvalue weighted by atomic mass is 28.3. The van der Waals surface area contributed by atoms with E-state index in [1.165, 1.54) is 0 Å². The van der Waals surface area contributed by atoms with Crippen molar-refractivity contribution < 1.29 is 8.85 Å². The third kappa shape index (κ3) is 4.06. The Kier molecular flexibility index (Phi) is 4.36. The normalized spacial score (nSPS) is 13.6. The number of benzene rings is 1. The van der Waals surface area contributed by atoms with Gasteiger partial charge in [0.2, 0.25) is 0 Å². The van der Waals surface area contributed by atoms with Gasteiger partial charge in [0.05, 0.1) is 0 Å². The summed E-state index contributed by atoms with van der Waals surface area (Å²) in [5, 5.41) is 0.117. The summed E-state index contributed by atoms with van der Waals surface area (Å²) >= 11 is 0. The average Bonchev–Trinajstić information content (AvgIpc) is 2.17. The van der Waals surface area contributed by atoms with Gasteiger partial charge in [-0.2, -0.15) is 0 Å². The van der Waals surface area contributed by atoms with Crippen LogP contribution < -0.4 is 4.43 Å². The Labute approximate surface area is 94.1 Å². The van der Waals surface area contributed by atoms with Gasteiger partial charge in [-0.1, -0.05) is 39.0 Å². The largest absolute Gasteiger partial charge is 0.522 e. The van der Waals surface area contributed by atoms with Crippen LogP contribution in [-0.2, 0) is 4.43 Å². The standard InChI is InChI=1S/C12H20O2Si/c1-5-13-15(12(2,3)4)14-11-9-7-6-8-10-11/h6-10,15H,5H2,1-4H3. The summed E-state index contributed by atoms with van der Waals surface area (Å²) in [6.45, 7) is 9.24. The summed E-state index contributed by atoms with van der Waals surface area (Å²) in [5.74, 6) is 0.914. The lowest BCUT2D eigenvalue weighted by Crippen LogP contribution is -2.36. The van der Waals surface area contributed by atoms with Crippen LogP contribution in [0.3, 0.4) is 0 Å². The molecular weight excluding hydrogens is 204 g/mol. The molecule has 1 aromatic rings. The van der Waals surface area contributed by atoms with Crippen molar-refractivity contribution in [2.24, 2.45) is 0 Å². The molecule has 0 N–H and O–H groups in total. The fraction of sp³-hybridized carbons (Fsp3) is 0.500. The lowest BCUT2D eigenvalue weighted by Gasteiger charge is -2.28. The topological polar surface area (TPSA) is 18.5 Å². The maximum absolute atomic E-state index is 5.94. The Morgan fingerprint density at radius 3 is 2.20 bits per heavy atom. The molecule has 1 aromatic carbocycles. The summed E-state index contributed by atoms with van der Waals surface area (Å²) in [4.78, 5) is 0. The Morgan fingerprint density at radius 1 is 1.13 bits per heavy atom. The fourth-order valence-electron chi connectivity index (χ4n) is 1.23. The molecule has 1 rings (SSSR count). The van der Waals surface area contributed by atoms with E-state index in [0.29, 0.717) is 0 Å². The average molecular weight is 224 g/mol. The monoisotopic (exact) mass is 224 g/mol. The first kappa shape index (κ1) is 12.3. The highest BCUT2D eigenvalue weighted by Gasteiger charge is 2.31. The second-order valence-electron chi connectivity index (χ2n) is 4.58. The van der Waals surface area contributed by atoms with Gasteiger partial charge >= 0.3 is 9.28 Å². The highest BCUT2D eigenvalue weighted by Crippen LogP contribution is 2.29. The molecule has 1 unspecified atom stereocenters. The molecular formula is C12H20O2Si. The maximum atomic E-state index is 5.94. The Morgan fingerprint density at radius 2 is 1.73 bits per heavy atom. The van der Waals surface area contributed by atoms with Crippen molar-refractivity contribution in [3.8, 4) is 5.75 Å². The summed E-state index contributed by atoms with van der Waals surface area (Å²) in [6, 6.07) is 9.90. The molecule has 0 radical (unpaired) electrons. The van der Waals surface area contributed by atoms with Gasteiger partial charge in [0.1, 0.15) is 5.75 Å². The lowest BCUT2D eigenvalue weighted by molar-refractivity contribution is 0.258. The molecule has 0 spiro atoms. The van der Waals surface area contributed by atoms with E-state index >= 15 is 0 Å². The molecule has 1 atom stereocenters. The first-order chi connectivity index (χ1) is 7.04. The van der Waals surface area contributed by atoms with Crippen molar-refractivity contribution in [1.82, 2.24) is 0 Å². The van der Waals surface area contributed by atoms with Gasteiger partial charge in [0.15, 0.2) is 0 Å². The van der Waals surface area contributed by atoms with E-state index in [9.17, 15) is 0 Å². The molecule has 84 valence electrons. The van der Waals surface area contributed by atoms with Crippen LogP contribution in [-0.4, -0.2) is 15.9 Å². The van der Waals surface area contributed by atoms with Crippen LogP contribution in [0, 0.1) is 0 Å². The molecule has 3 heteroatoms. The van der Waals surface area contributed by atoms with Gasteiger partial charge in [-0.3, -0.25) is 0 Å². The number of rotatable bonds is 4. The van der Waals surface area contributed by atoms with Gasteiger partial charge in [0.25, 0.3) is 0 Å². The van der Waals surface area contributed by atoms with E-state index < -0.39 is 9.28 Å². The van der Waals surface area contributed by atoms with Crippen LogP contribution in [0.15, 0.2) is 30.3 Å². The molecule has 0 heterocycles. The van der Waals surface area contributed by atoms with Crippen molar-refractivity contribution in [1.29, 1.82) is 0 Å². The van der Waals surface area contributed by atoms with E-state index in [4.69, 9.17) is 8.85 Å². The van der Waals surface area contributed by atoms with Gasteiger partial charge < -0.3 is 8.85 Å². The zero-order chi connectivity index (χ0) is 11.3. The zero-order valence-corrected chi connectivity index (χ0v) is 11.1. The van der Waals surface area contributed by atoms with Gasteiger partial charge in [-0.15, -0.1) is 0 Å². The van der Waals surface area contributed by atoms with E-state index in [2.05, 4.69) is 20.8 Å². The second kappa shape index (κ2) is 5.33. The van der Waals surface area contributed by atoms with Crippen molar-refractivity contribution in [2.75, 3.05) is 6.61 Å². The number of para-hydroxylation sites is 1. The van der Waals surface area contributed by atoms with Crippen molar-refractivity contribution in [2.45, 2.75) is 32.7 Å². The quantitative estimate of drug-likeness (QED) is 0.732. The highest BCUT2D eigenvalue weighted by molar-refractivity contribution is 6.49. The Bertz CT molecular complexity index is 279. The second-order valence-corrected chi connectivity index (χ2v) is 7.55. The molecule has 2 nitrogen and oxygen atoms in total. The lowest BCUT2D eigenvalue weighted by atomic mass is 10.3. The summed E-state index contributed by atoms with van der Waals surface area (Å²) in [5.41, 5.74) is 0. The molecule has 0 saturated heterocycles. The van der Waals surface area contributed by atoms with Crippen molar-refractivity contribution >= 4 is 9.28 Å². The summed E-state index contributed by atoms with van der Waals surface area (Å²) in [6.07, 6.45) is 0. The predicted molar refractivity (Wildman–Crippen MR) is 65.6 cm³/mol. The molecule has 15 heavy (non-hydrogen) atoms. The van der Waals surface area contributed by atoms with E-state index in [1.54, 1.807) is 0 Å². The minimum absolute atomic E-state index is 0.117. The molecule has 0 saturated carbocycles. The van der Waals surface area contributed by atoms with Crippen LogP contribution in [0.25, 0.3) is 0 Å². The van der Waals surface area contributed by atoms with Gasteiger partial charge in [0, 0.05) is 11.6 Å². The van der Waals surface area contributed by atoms with Crippen LogP contribution in [0.4, 0.5) is 0 Å². The minimum atomic E-state index is -1.65. The van der Waals surface area contributed by atoms with Gasteiger partial charge in [-0.05, 0) is 19.1 Å². The first-order valence-corrected chi connectivity index (χ1v) is 6.89. The van der Waals surface area contributed by atoms with Gasteiger partial charge in [-0.25, -0.2) is 0 Å². The maximum Gasteiger partial charge on any atom is 0.388 e. The number of hydrogen-bond acceptors (Lipinski definition) is 2. The van der Waals surface area contributed by atoms with E-state index in [0.717, 1.165) is 12.4 Å². The fourth-order valence-corrected chi connectivity index (χ4v) is 2.86. The van der Waals surface area contributed by atoms with Crippen molar-refractivity contribution in [3.05, 3.63) is 30.3 Å². The van der Waals surface area contributed by atoms with E-state index in [1.807, 2.05) is 37.3 Å². The Balaban J connectivity index is 2.67. The molecule has 0 amide bonds. The molecule has 0 bridgehead atoms. The molecule has 0 aliphatic rings. The van der Waals surface area contributed by atoms with Crippen LogP contribution in [0.5, 0.6) is 5.75 Å². The molecule has 0 aromatic heterocycles. The SMILES string of the molecule is CCO[SiH](Oc1ccccc1)C(C)(C)C. The predicted octanol–water partition coefficient (Wildman–Crippen LogP) is 3.12. The van der Waals surface area contributed by atoms with E-state index in [-0.39, 0.29) is 5.04 Å². The van der Waals surface area contributed by atoms with Crippen molar-refractivity contribution in [3.63, 3.8) is 0 Å². The molecule has 0 fully saturated rings. The smallest absolute Gasteiger partial charge is 0.388 e. The summed E-state index contributed by atoms with van der Waals surface area (Å²) < 4.78 is 11.7. The van der Waals surface area contributed by atoms with Crippen LogP contribution >= 0.6 is 0 Å².